The molecule has 0 bridgehead atoms. The highest BCUT2D eigenvalue weighted by Gasteiger charge is 2.38. The molecule has 10 heteroatoms. The van der Waals surface area contributed by atoms with Crippen LogP contribution in [0.25, 0.3) is 6.08 Å². The van der Waals surface area contributed by atoms with Gasteiger partial charge in [0.2, 0.25) is 11.8 Å². The van der Waals surface area contributed by atoms with E-state index in [1.165, 1.54) is 22.3 Å². The zero-order valence-electron chi connectivity index (χ0n) is 17.1. The van der Waals surface area contributed by atoms with Crippen LogP contribution in [0.3, 0.4) is 0 Å². The smallest absolute Gasteiger partial charge is 0.253 e. The van der Waals surface area contributed by atoms with E-state index < -0.39 is 12.1 Å². The summed E-state index contributed by atoms with van der Waals surface area (Å²) in [7, 11) is 0. The molecule has 0 aliphatic carbocycles. The van der Waals surface area contributed by atoms with E-state index >= 15 is 0 Å². The predicted octanol–water partition coefficient (Wildman–Crippen LogP) is 2.38. The van der Waals surface area contributed by atoms with Gasteiger partial charge >= 0.3 is 0 Å². The minimum absolute atomic E-state index is 0.0559. The Labute approximate surface area is 194 Å². The Morgan fingerprint density at radius 3 is 2.69 bits per heavy atom. The molecule has 32 heavy (non-hydrogen) atoms. The van der Waals surface area contributed by atoms with Crippen molar-refractivity contribution in [3.05, 3.63) is 51.7 Å². The molecule has 2 atom stereocenters. The highest BCUT2D eigenvalue weighted by atomic mass is 35.5. The standard InChI is InChI=1S/C22H22ClN3O5S/c23-19-7-5-17(32-19)6-8-20(28)26-12-16(27)11-18(26)22(30)24-14-1-3-15(4-2-14)25-9-10-31-13-21(25)29/h1-8,16,18,27H,9-13H2,(H,24,30)/t16-,18-/m1/s1. The lowest BCUT2D eigenvalue weighted by atomic mass is 10.1. The van der Waals surface area contributed by atoms with Crippen LogP contribution >= 0.6 is 22.9 Å². The highest BCUT2D eigenvalue weighted by Crippen LogP contribution is 2.25. The van der Waals surface area contributed by atoms with E-state index in [-0.39, 0.29) is 37.3 Å². The van der Waals surface area contributed by atoms with Crippen molar-refractivity contribution in [2.75, 3.05) is 36.5 Å². The van der Waals surface area contributed by atoms with Crippen molar-refractivity contribution in [1.29, 1.82) is 0 Å². The molecular formula is C22H22ClN3O5S. The summed E-state index contributed by atoms with van der Waals surface area (Å²) < 4.78 is 5.76. The van der Waals surface area contributed by atoms with Crippen LogP contribution in [-0.4, -0.2) is 66.2 Å². The number of aliphatic hydroxyl groups excluding tert-OH is 1. The summed E-state index contributed by atoms with van der Waals surface area (Å²) in [6.45, 7) is 1.10. The van der Waals surface area contributed by atoms with Gasteiger partial charge in [-0.15, -0.1) is 11.3 Å². The summed E-state index contributed by atoms with van der Waals surface area (Å²) in [5.74, 6) is -0.843. The third kappa shape index (κ3) is 5.18. The molecule has 2 aliphatic rings. The molecule has 3 amide bonds. The molecule has 3 heterocycles. The lowest BCUT2D eigenvalue weighted by Gasteiger charge is -2.27. The van der Waals surface area contributed by atoms with Crippen LogP contribution in [0, 0.1) is 0 Å². The number of ether oxygens (including phenoxy) is 1. The molecule has 2 saturated heterocycles. The number of β-amino-alcohol motifs (C(OH)–C–C–N with tert-alkyl or cyclic N) is 1. The van der Waals surface area contributed by atoms with Gasteiger partial charge in [0, 0.05) is 41.8 Å². The third-order valence-corrected chi connectivity index (χ3v) is 6.48. The number of amides is 3. The summed E-state index contributed by atoms with van der Waals surface area (Å²) >= 11 is 7.24. The van der Waals surface area contributed by atoms with E-state index in [4.69, 9.17) is 16.3 Å². The SMILES string of the molecule is O=C(Nc1ccc(N2CCOCC2=O)cc1)[C@H]1C[C@@H](O)CN1C(=O)C=Cc1ccc(Cl)s1. The van der Waals surface area contributed by atoms with Gasteiger partial charge in [0.05, 0.1) is 17.0 Å². The Balaban J connectivity index is 1.40. The van der Waals surface area contributed by atoms with Crippen LogP contribution < -0.4 is 10.2 Å². The maximum absolute atomic E-state index is 12.9. The highest BCUT2D eigenvalue weighted by molar-refractivity contribution is 7.17. The monoisotopic (exact) mass is 475 g/mol. The summed E-state index contributed by atoms with van der Waals surface area (Å²) in [5.41, 5.74) is 1.26. The minimum Gasteiger partial charge on any atom is -0.391 e. The fourth-order valence-corrected chi connectivity index (χ4v) is 4.68. The number of morpholine rings is 1. The van der Waals surface area contributed by atoms with E-state index in [0.717, 1.165) is 10.6 Å². The Bertz CT molecular complexity index is 1040. The number of carbonyl (C=O) groups excluding carboxylic acids is 3. The van der Waals surface area contributed by atoms with Gasteiger partial charge in [-0.25, -0.2) is 0 Å². The summed E-state index contributed by atoms with van der Waals surface area (Å²) in [6.07, 6.45) is 2.42. The first kappa shape index (κ1) is 22.5. The van der Waals surface area contributed by atoms with Crippen molar-refractivity contribution in [3.63, 3.8) is 0 Å². The Kier molecular flexibility index (Phi) is 6.90. The lowest BCUT2D eigenvalue weighted by molar-refractivity contribution is -0.132. The molecule has 0 radical (unpaired) electrons. The summed E-state index contributed by atoms with van der Waals surface area (Å²) in [4.78, 5) is 41.3. The second-order valence-electron chi connectivity index (χ2n) is 7.51. The molecule has 0 unspecified atom stereocenters. The van der Waals surface area contributed by atoms with Crippen molar-refractivity contribution < 1.29 is 24.2 Å². The summed E-state index contributed by atoms with van der Waals surface area (Å²) in [6, 6.07) is 9.66. The van der Waals surface area contributed by atoms with E-state index in [1.807, 2.05) is 0 Å². The fraction of sp³-hybridized carbons (Fsp3) is 0.318. The first-order valence-electron chi connectivity index (χ1n) is 10.1. The van der Waals surface area contributed by atoms with Crippen LogP contribution in [0.5, 0.6) is 0 Å². The number of aliphatic hydroxyl groups is 1. The largest absolute Gasteiger partial charge is 0.391 e. The molecule has 8 nitrogen and oxygen atoms in total. The minimum atomic E-state index is -0.783. The molecule has 2 N–H and O–H groups in total. The number of benzene rings is 1. The Morgan fingerprint density at radius 2 is 2.00 bits per heavy atom. The number of nitrogens with one attached hydrogen (secondary N) is 1. The molecule has 0 spiro atoms. The number of likely N-dealkylation sites (tertiary alicyclic amines) is 1. The zero-order chi connectivity index (χ0) is 22.7. The number of anilines is 2. The number of nitrogens with zero attached hydrogens (tertiary/aromatic N) is 2. The molecule has 0 saturated carbocycles. The van der Waals surface area contributed by atoms with Crippen LogP contribution in [0.2, 0.25) is 4.34 Å². The normalized spacial score (nSPS) is 21.4. The van der Waals surface area contributed by atoms with Gasteiger partial charge < -0.3 is 25.0 Å². The average molecular weight is 476 g/mol. The van der Waals surface area contributed by atoms with Crippen LogP contribution in [0.4, 0.5) is 11.4 Å². The maximum Gasteiger partial charge on any atom is 0.253 e. The molecule has 4 rings (SSSR count). The van der Waals surface area contributed by atoms with Crippen molar-refractivity contribution >= 4 is 58.1 Å². The summed E-state index contributed by atoms with van der Waals surface area (Å²) in [5, 5.41) is 12.9. The van der Waals surface area contributed by atoms with Gasteiger partial charge in [0.15, 0.2) is 0 Å². The third-order valence-electron chi connectivity index (χ3n) is 5.28. The molecule has 2 aromatic rings. The molecular weight excluding hydrogens is 454 g/mol. The number of rotatable bonds is 5. The Morgan fingerprint density at radius 1 is 1.22 bits per heavy atom. The second-order valence-corrected chi connectivity index (χ2v) is 9.25. The molecule has 2 fully saturated rings. The number of carbonyl (C=O) groups is 3. The predicted molar refractivity (Wildman–Crippen MR) is 123 cm³/mol. The molecule has 2 aliphatic heterocycles. The topological polar surface area (TPSA) is 99.2 Å². The number of hydrogen-bond acceptors (Lipinski definition) is 6. The molecule has 1 aromatic carbocycles. The second kappa shape index (κ2) is 9.83. The number of hydrogen-bond donors (Lipinski definition) is 2. The van der Waals surface area contributed by atoms with E-state index in [2.05, 4.69) is 5.32 Å². The van der Waals surface area contributed by atoms with Crippen molar-refractivity contribution in [2.24, 2.45) is 0 Å². The van der Waals surface area contributed by atoms with Gasteiger partial charge in [-0.2, -0.15) is 0 Å². The lowest BCUT2D eigenvalue weighted by Crippen LogP contribution is -2.42. The van der Waals surface area contributed by atoms with Crippen LogP contribution in [0.1, 0.15) is 11.3 Å². The molecule has 168 valence electrons. The molecule has 1 aromatic heterocycles. The number of thiophene rings is 1. The first-order chi connectivity index (χ1) is 15.4. The first-order valence-corrected chi connectivity index (χ1v) is 11.3. The fourth-order valence-electron chi connectivity index (χ4n) is 3.71. The van der Waals surface area contributed by atoms with Crippen molar-refractivity contribution in [2.45, 2.75) is 18.6 Å². The average Bonchev–Trinajstić information content (AvgIpc) is 3.38. The van der Waals surface area contributed by atoms with Gasteiger partial charge in [-0.3, -0.25) is 14.4 Å². The van der Waals surface area contributed by atoms with Gasteiger partial charge in [0.1, 0.15) is 12.6 Å². The van der Waals surface area contributed by atoms with Crippen molar-refractivity contribution in [1.82, 2.24) is 4.90 Å². The van der Waals surface area contributed by atoms with E-state index in [1.54, 1.807) is 47.4 Å². The van der Waals surface area contributed by atoms with Gasteiger partial charge in [-0.1, -0.05) is 11.6 Å². The van der Waals surface area contributed by atoms with E-state index in [9.17, 15) is 19.5 Å². The van der Waals surface area contributed by atoms with Gasteiger partial charge in [-0.05, 0) is 42.5 Å². The van der Waals surface area contributed by atoms with Crippen LogP contribution in [0.15, 0.2) is 42.5 Å². The maximum atomic E-state index is 12.9. The Hall–Kier alpha value is -2.72. The number of halogens is 1. The van der Waals surface area contributed by atoms with Gasteiger partial charge in [0.25, 0.3) is 5.91 Å². The van der Waals surface area contributed by atoms with Crippen LogP contribution in [-0.2, 0) is 19.1 Å². The van der Waals surface area contributed by atoms with Crippen molar-refractivity contribution in [3.8, 4) is 0 Å². The quantitative estimate of drug-likeness (QED) is 0.647. The zero-order valence-corrected chi connectivity index (χ0v) is 18.6. The van der Waals surface area contributed by atoms with E-state index in [0.29, 0.717) is 23.2 Å².